The van der Waals surface area contributed by atoms with Crippen molar-refractivity contribution in [1.29, 1.82) is 0 Å². The monoisotopic (exact) mass is 368 g/mol. The highest BCUT2D eigenvalue weighted by Crippen LogP contribution is 2.40. The minimum atomic E-state index is -3.76. The first-order valence-corrected chi connectivity index (χ1v) is 10.1. The predicted octanol–water partition coefficient (Wildman–Crippen LogP) is 3.53. The van der Waals surface area contributed by atoms with Crippen LogP contribution in [-0.4, -0.2) is 26.0 Å². The zero-order valence-corrected chi connectivity index (χ0v) is 14.8. The number of nitrogens with two attached hydrogens (primary N) is 1. The molecule has 1 aliphatic rings. The number of anilines is 1. The highest BCUT2D eigenvalue weighted by Gasteiger charge is 2.35. The highest BCUT2D eigenvalue weighted by molar-refractivity contribution is 8.00. The molecule has 0 heterocycles. The molecule has 1 aromatic rings. The largest absolute Gasteiger partial charge is 0.399 e. The number of nitrogen functional groups attached to an aromatic ring is 1. The van der Waals surface area contributed by atoms with E-state index in [4.69, 9.17) is 28.9 Å². The summed E-state index contributed by atoms with van der Waals surface area (Å²) in [6, 6.07) is 2.78. The van der Waals surface area contributed by atoms with Gasteiger partial charge in [0.2, 0.25) is 10.0 Å². The fraction of sp³-hybridized carbons (Fsp3) is 0.538. The van der Waals surface area contributed by atoms with E-state index in [2.05, 4.69) is 4.72 Å². The fourth-order valence-electron chi connectivity index (χ4n) is 2.61. The first-order chi connectivity index (χ1) is 9.80. The molecule has 118 valence electrons. The Morgan fingerprint density at radius 2 is 1.81 bits per heavy atom. The number of hydrogen-bond acceptors (Lipinski definition) is 4. The Bertz CT molecular complexity index is 606. The molecule has 0 amide bonds. The van der Waals surface area contributed by atoms with Gasteiger partial charge in [0.15, 0.2) is 0 Å². The van der Waals surface area contributed by atoms with Crippen LogP contribution in [0.2, 0.25) is 10.0 Å². The zero-order chi connectivity index (χ0) is 15.7. The Kier molecular flexibility index (Phi) is 5.36. The molecular weight excluding hydrogens is 351 g/mol. The Morgan fingerprint density at radius 1 is 1.29 bits per heavy atom. The minimum absolute atomic E-state index is 0.0279. The average molecular weight is 369 g/mol. The molecule has 21 heavy (non-hydrogen) atoms. The first-order valence-electron chi connectivity index (χ1n) is 6.59. The number of rotatable bonds is 5. The fourth-order valence-corrected chi connectivity index (χ4v) is 5.97. The van der Waals surface area contributed by atoms with E-state index in [1.807, 2.05) is 6.26 Å². The van der Waals surface area contributed by atoms with E-state index in [9.17, 15) is 8.42 Å². The third-order valence-electron chi connectivity index (χ3n) is 3.82. The van der Waals surface area contributed by atoms with Gasteiger partial charge in [-0.25, -0.2) is 13.1 Å². The predicted molar refractivity (Wildman–Crippen MR) is 90.8 cm³/mol. The number of halogens is 2. The van der Waals surface area contributed by atoms with E-state index in [-0.39, 0.29) is 19.7 Å². The van der Waals surface area contributed by atoms with Gasteiger partial charge in [-0.05, 0) is 31.2 Å². The van der Waals surface area contributed by atoms with Gasteiger partial charge in [0.1, 0.15) is 4.90 Å². The van der Waals surface area contributed by atoms with E-state index in [0.717, 1.165) is 25.7 Å². The molecule has 8 heteroatoms. The lowest BCUT2D eigenvalue weighted by Crippen LogP contribution is -2.38. The van der Waals surface area contributed by atoms with Crippen molar-refractivity contribution >= 4 is 50.7 Å². The van der Waals surface area contributed by atoms with Crippen LogP contribution in [0.25, 0.3) is 0 Å². The van der Waals surface area contributed by atoms with Crippen molar-refractivity contribution in [2.45, 2.75) is 35.3 Å². The molecule has 0 bridgehead atoms. The smallest absolute Gasteiger partial charge is 0.243 e. The van der Waals surface area contributed by atoms with Crippen molar-refractivity contribution in [3.8, 4) is 0 Å². The van der Waals surface area contributed by atoms with Gasteiger partial charge in [0.25, 0.3) is 0 Å². The number of benzene rings is 1. The van der Waals surface area contributed by atoms with Crippen LogP contribution in [0, 0.1) is 0 Å². The summed E-state index contributed by atoms with van der Waals surface area (Å²) >= 11 is 13.7. The lowest BCUT2D eigenvalue weighted by atomic mass is 10.1. The van der Waals surface area contributed by atoms with E-state index in [0.29, 0.717) is 12.2 Å². The van der Waals surface area contributed by atoms with Crippen molar-refractivity contribution in [3.63, 3.8) is 0 Å². The van der Waals surface area contributed by atoms with E-state index in [1.54, 1.807) is 11.8 Å². The third-order valence-corrected chi connectivity index (χ3v) is 7.56. The summed E-state index contributed by atoms with van der Waals surface area (Å²) in [4.78, 5) is -0.103. The van der Waals surface area contributed by atoms with Gasteiger partial charge in [-0.3, -0.25) is 0 Å². The summed E-state index contributed by atoms with van der Waals surface area (Å²) < 4.78 is 27.6. The van der Waals surface area contributed by atoms with Crippen LogP contribution >= 0.6 is 35.0 Å². The van der Waals surface area contributed by atoms with Crippen LogP contribution < -0.4 is 10.5 Å². The Hall–Kier alpha value is -0.140. The summed E-state index contributed by atoms with van der Waals surface area (Å²) in [5.74, 6) is 0. The van der Waals surface area contributed by atoms with Crippen LogP contribution in [0.4, 0.5) is 5.69 Å². The Balaban J connectivity index is 2.23. The van der Waals surface area contributed by atoms with Gasteiger partial charge in [-0.15, -0.1) is 0 Å². The van der Waals surface area contributed by atoms with Crippen LogP contribution in [0.5, 0.6) is 0 Å². The number of sulfonamides is 1. The molecule has 1 saturated carbocycles. The van der Waals surface area contributed by atoms with Gasteiger partial charge in [0, 0.05) is 17.0 Å². The van der Waals surface area contributed by atoms with E-state index >= 15 is 0 Å². The maximum Gasteiger partial charge on any atom is 0.243 e. The van der Waals surface area contributed by atoms with Crippen LogP contribution in [0.15, 0.2) is 17.0 Å². The summed E-state index contributed by atoms with van der Waals surface area (Å²) in [6.45, 7) is 0.382. The molecule has 0 radical (unpaired) electrons. The normalized spacial score (nSPS) is 18.0. The van der Waals surface area contributed by atoms with Crippen LogP contribution in [0.3, 0.4) is 0 Å². The molecule has 2 rings (SSSR count). The summed E-state index contributed by atoms with van der Waals surface area (Å²) in [6.07, 6.45) is 6.31. The quantitative estimate of drug-likeness (QED) is 0.779. The second-order valence-corrected chi connectivity index (χ2v) is 9.02. The zero-order valence-electron chi connectivity index (χ0n) is 11.7. The molecule has 0 spiro atoms. The summed E-state index contributed by atoms with van der Waals surface area (Å²) in [5.41, 5.74) is 5.93. The van der Waals surface area contributed by atoms with Crippen molar-refractivity contribution in [1.82, 2.24) is 4.72 Å². The van der Waals surface area contributed by atoms with Gasteiger partial charge < -0.3 is 5.73 Å². The van der Waals surface area contributed by atoms with Crippen molar-refractivity contribution < 1.29 is 8.42 Å². The van der Waals surface area contributed by atoms with Crippen LogP contribution in [0.1, 0.15) is 25.7 Å². The second-order valence-electron chi connectivity index (χ2n) is 5.23. The van der Waals surface area contributed by atoms with Gasteiger partial charge in [0.05, 0.1) is 10.0 Å². The molecule has 1 aromatic carbocycles. The molecule has 4 nitrogen and oxygen atoms in total. The molecule has 0 unspecified atom stereocenters. The standard InChI is InChI=1S/C13H18Cl2N2O2S2/c1-20-13(4-2-3-5-13)8-17-21(18,19)12-10(14)6-9(16)7-11(12)15/h6-7,17H,2-5,8,16H2,1H3. The van der Waals surface area contributed by atoms with E-state index < -0.39 is 10.0 Å². The van der Waals surface area contributed by atoms with Gasteiger partial charge >= 0.3 is 0 Å². The minimum Gasteiger partial charge on any atom is -0.399 e. The highest BCUT2D eigenvalue weighted by atomic mass is 35.5. The summed E-state index contributed by atoms with van der Waals surface area (Å²) in [5, 5.41) is 0.0780. The Labute approximate surface area is 139 Å². The number of hydrogen-bond donors (Lipinski definition) is 2. The maximum atomic E-state index is 12.5. The molecule has 0 aliphatic heterocycles. The first kappa shape index (κ1) is 17.2. The SMILES string of the molecule is CSC1(CNS(=O)(=O)c2c(Cl)cc(N)cc2Cl)CCCC1. The van der Waals surface area contributed by atoms with Crippen molar-refractivity contribution in [2.75, 3.05) is 18.5 Å². The average Bonchev–Trinajstić information content (AvgIpc) is 2.84. The molecule has 1 aliphatic carbocycles. The Morgan fingerprint density at radius 3 is 2.29 bits per heavy atom. The molecule has 0 aromatic heterocycles. The molecule has 1 fully saturated rings. The molecule has 0 atom stereocenters. The topological polar surface area (TPSA) is 72.2 Å². The van der Waals surface area contributed by atoms with Gasteiger partial charge in [-0.1, -0.05) is 36.0 Å². The maximum absolute atomic E-state index is 12.5. The lowest BCUT2D eigenvalue weighted by Gasteiger charge is -2.27. The molecule has 3 N–H and O–H groups in total. The van der Waals surface area contributed by atoms with Crippen molar-refractivity contribution in [2.24, 2.45) is 0 Å². The third kappa shape index (κ3) is 3.79. The van der Waals surface area contributed by atoms with Crippen molar-refractivity contribution in [3.05, 3.63) is 22.2 Å². The number of thioether (sulfide) groups is 1. The van der Waals surface area contributed by atoms with E-state index in [1.165, 1.54) is 12.1 Å². The van der Waals surface area contributed by atoms with Gasteiger partial charge in [-0.2, -0.15) is 11.8 Å². The molecular formula is C13H18Cl2N2O2S2. The number of nitrogens with one attached hydrogen (secondary N) is 1. The lowest BCUT2D eigenvalue weighted by molar-refractivity contribution is 0.551. The molecule has 0 saturated heterocycles. The van der Waals surface area contributed by atoms with Crippen LogP contribution in [-0.2, 0) is 10.0 Å². The second kappa shape index (κ2) is 6.54. The summed E-state index contributed by atoms with van der Waals surface area (Å²) in [7, 11) is -3.76.